The summed E-state index contributed by atoms with van der Waals surface area (Å²) < 4.78 is 0. The van der Waals surface area contributed by atoms with Crippen molar-refractivity contribution in [2.45, 2.75) is 33.6 Å². The Morgan fingerprint density at radius 1 is 1.14 bits per heavy atom. The van der Waals surface area contributed by atoms with Gasteiger partial charge in [0.15, 0.2) is 0 Å². The second-order valence-electron chi connectivity index (χ2n) is 6.80. The first kappa shape index (κ1) is 16.5. The van der Waals surface area contributed by atoms with Gasteiger partial charge in [0.1, 0.15) is 5.41 Å². The van der Waals surface area contributed by atoms with Crippen molar-refractivity contribution < 1.29 is 9.59 Å². The summed E-state index contributed by atoms with van der Waals surface area (Å²) in [7, 11) is 1.73. The van der Waals surface area contributed by atoms with E-state index in [9.17, 15) is 9.59 Å². The molecule has 2 amide bonds. The van der Waals surface area contributed by atoms with Crippen LogP contribution in [-0.4, -0.2) is 36.9 Å². The summed E-state index contributed by atoms with van der Waals surface area (Å²) in [4.78, 5) is 29.0. The molecule has 1 aliphatic heterocycles. The predicted octanol–water partition coefficient (Wildman–Crippen LogP) is 2.93. The number of amides is 2. The maximum absolute atomic E-state index is 12.8. The lowest BCUT2D eigenvalue weighted by atomic mass is 9.87. The van der Waals surface area contributed by atoms with Crippen LogP contribution in [0.15, 0.2) is 30.3 Å². The average Bonchev–Trinajstić information content (AvgIpc) is 2.54. The van der Waals surface area contributed by atoms with E-state index in [0.717, 1.165) is 31.6 Å². The molecule has 0 aliphatic carbocycles. The number of benzene rings is 1. The van der Waals surface area contributed by atoms with Crippen LogP contribution in [0.3, 0.4) is 0 Å². The number of para-hydroxylation sites is 1. The van der Waals surface area contributed by atoms with Crippen LogP contribution in [0.5, 0.6) is 0 Å². The Morgan fingerprint density at radius 3 is 2.23 bits per heavy atom. The maximum atomic E-state index is 12.8. The molecule has 0 saturated carbocycles. The smallest absolute Gasteiger partial charge is 0.241 e. The second-order valence-corrected chi connectivity index (χ2v) is 6.80. The molecular weight excluding hydrogens is 276 g/mol. The standard InChI is InChI=1S/C18H26N2O2/c1-14-10-12-20(13-11-14)17(22)18(2,3)16(21)19(4)15-8-6-5-7-9-15/h5-9,14H,10-13H2,1-4H3. The lowest BCUT2D eigenvalue weighted by Gasteiger charge is -2.37. The fraction of sp³-hybridized carbons (Fsp3) is 0.556. The average molecular weight is 302 g/mol. The molecule has 1 aromatic rings. The molecule has 1 aliphatic rings. The Hall–Kier alpha value is -1.84. The van der Waals surface area contributed by atoms with Gasteiger partial charge in [-0.3, -0.25) is 9.59 Å². The molecular formula is C18H26N2O2. The number of rotatable bonds is 3. The minimum Gasteiger partial charge on any atom is -0.342 e. The van der Waals surface area contributed by atoms with Gasteiger partial charge in [0.05, 0.1) is 0 Å². The van der Waals surface area contributed by atoms with Crippen molar-refractivity contribution in [3.63, 3.8) is 0 Å². The summed E-state index contributed by atoms with van der Waals surface area (Å²) in [5.74, 6) is 0.435. The maximum Gasteiger partial charge on any atom is 0.241 e. The summed E-state index contributed by atoms with van der Waals surface area (Å²) in [6.45, 7) is 7.18. The summed E-state index contributed by atoms with van der Waals surface area (Å²) >= 11 is 0. The Morgan fingerprint density at radius 2 is 1.68 bits per heavy atom. The van der Waals surface area contributed by atoms with E-state index in [4.69, 9.17) is 0 Å². The molecule has 0 bridgehead atoms. The fourth-order valence-corrected chi connectivity index (χ4v) is 2.89. The number of hydrogen-bond acceptors (Lipinski definition) is 2. The number of likely N-dealkylation sites (tertiary alicyclic amines) is 1. The van der Waals surface area contributed by atoms with Crippen molar-refractivity contribution in [1.82, 2.24) is 4.90 Å². The largest absolute Gasteiger partial charge is 0.342 e. The first-order valence-electron chi connectivity index (χ1n) is 7.96. The monoisotopic (exact) mass is 302 g/mol. The van der Waals surface area contributed by atoms with Crippen LogP contribution in [0, 0.1) is 11.3 Å². The van der Waals surface area contributed by atoms with Gasteiger partial charge < -0.3 is 9.80 Å². The van der Waals surface area contributed by atoms with Gasteiger partial charge in [-0.25, -0.2) is 0 Å². The molecule has 1 fully saturated rings. The third-order valence-electron chi connectivity index (χ3n) is 4.59. The lowest BCUT2D eigenvalue weighted by Crippen LogP contribution is -2.51. The zero-order chi connectivity index (χ0) is 16.3. The van der Waals surface area contributed by atoms with Crippen molar-refractivity contribution >= 4 is 17.5 Å². The van der Waals surface area contributed by atoms with Gasteiger partial charge in [-0.1, -0.05) is 25.1 Å². The third kappa shape index (κ3) is 3.32. The Kier molecular flexibility index (Phi) is 4.89. The van der Waals surface area contributed by atoms with Gasteiger partial charge in [-0.05, 0) is 44.7 Å². The number of anilines is 1. The SMILES string of the molecule is CC1CCN(C(=O)C(C)(C)C(=O)N(C)c2ccccc2)CC1. The first-order chi connectivity index (χ1) is 10.3. The zero-order valence-corrected chi connectivity index (χ0v) is 14.0. The second kappa shape index (κ2) is 6.51. The highest BCUT2D eigenvalue weighted by Crippen LogP contribution is 2.27. The van der Waals surface area contributed by atoms with Crippen LogP contribution in [-0.2, 0) is 9.59 Å². The molecule has 0 aromatic heterocycles. The topological polar surface area (TPSA) is 40.6 Å². The highest BCUT2D eigenvalue weighted by atomic mass is 16.2. The third-order valence-corrected chi connectivity index (χ3v) is 4.59. The van der Waals surface area contributed by atoms with E-state index in [-0.39, 0.29) is 11.8 Å². The van der Waals surface area contributed by atoms with Crippen LogP contribution in [0.25, 0.3) is 0 Å². The quantitative estimate of drug-likeness (QED) is 0.806. The number of carbonyl (C=O) groups is 2. The van der Waals surface area contributed by atoms with E-state index >= 15 is 0 Å². The summed E-state index contributed by atoms with van der Waals surface area (Å²) in [5, 5.41) is 0. The predicted molar refractivity (Wildman–Crippen MR) is 88.6 cm³/mol. The van der Waals surface area contributed by atoms with Gasteiger partial charge in [0.25, 0.3) is 0 Å². The number of carbonyl (C=O) groups excluding carboxylic acids is 2. The van der Waals surface area contributed by atoms with Crippen molar-refractivity contribution in [3.8, 4) is 0 Å². The van der Waals surface area contributed by atoms with Gasteiger partial charge in [-0.15, -0.1) is 0 Å². The summed E-state index contributed by atoms with van der Waals surface area (Å²) in [6, 6.07) is 9.44. The highest BCUT2D eigenvalue weighted by Gasteiger charge is 2.41. The molecule has 1 saturated heterocycles. The van der Waals surface area contributed by atoms with Gasteiger partial charge in [0.2, 0.25) is 11.8 Å². The number of piperidine rings is 1. The zero-order valence-electron chi connectivity index (χ0n) is 14.0. The van der Waals surface area contributed by atoms with Gasteiger partial charge >= 0.3 is 0 Å². The molecule has 0 spiro atoms. The minimum absolute atomic E-state index is 0.0628. The molecule has 0 radical (unpaired) electrons. The number of nitrogens with zero attached hydrogens (tertiary/aromatic N) is 2. The van der Waals surface area contributed by atoms with Gasteiger partial charge in [0, 0.05) is 25.8 Å². The van der Waals surface area contributed by atoms with E-state index in [0.29, 0.717) is 5.92 Å². The van der Waals surface area contributed by atoms with Crippen molar-refractivity contribution in [3.05, 3.63) is 30.3 Å². The van der Waals surface area contributed by atoms with Crippen LogP contribution in [0.1, 0.15) is 33.6 Å². The van der Waals surface area contributed by atoms with Crippen molar-refractivity contribution in [2.24, 2.45) is 11.3 Å². The van der Waals surface area contributed by atoms with Crippen LogP contribution in [0.4, 0.5) is 5.69 Å². The van der Waals surface area contributed by atoms with Crippen molar-refractivity contribution in [1.29, 1.82) is 0 Å². The first-order valence-corrected chi connectivity index (χ1v) is 7.96. The highest BCUT2D eigenvalue weighted by molar-refractivity contribution is 6.10. The molecule has 4 nitrogen and oxygen atoms in total. The normalized spacial score (nSPS) is 16.5. The van der Waals surface area contributed by atoms with E-state index < -0.39 is 5.41 Å². The molecule has 1 aromatic carbocycles. The Balaban J connectivity index is 2.11. The molecule has 1 heterocycles. The molecule has 4 heteroatoms. The van der Waals surface area contributed by atoms with Crippen LogP contribution >= 0.6 is 0 Å². The molecule has 2 rings (SSSR count). The summed E-state index contributed by atoms with van der Waals surface area (Å²) in [6.07, 6.45) is 2.04. The van der Waals surface area contributed by atoms with Crippen LogP contribution < -0.4 is 4.90 Å². The molecule has 120 valence electrons. The Bertz CT molecular complexity index is 531. The minimum atomic E-state index is -1.04. The van der Waals surface area contributed by atoms with E-state index in [1.54, 1.807) is 25.8 Å². The molecule has 0 atom stereocenters. The van der Waals surface area contributed by atoms with E-state index in [1.165, 1.54) is 0 Å². The van der Waals surface area contributed by atoms with Gasteiger partial charge in [-0.2, -0.15) is 0 Å². The van der Waals surface area contributed by atoms with Crippen molar-refractivity contribution in [2.75, 3.05) is 25.0 Å². The molecule has 0 N–H and O–H groups in total. The van der Waals surface area contributed by atoms with E-state index in [1.807, 2.05) is 35.2 Å². The van der Waals surface area contributed by atoms with E-state index in [2.05, 4.69) is 6.92 Å². The molecule has 22 heavy (non-hydrogen) atoms. The summed E-state index contributed by atoms with van der Waals surface area (Å²) in [5.41, 5.74) is -0.230. The van der Waals surface area contributed by atoms with Crippen LogP contribution in [0.2, 0.25) is 0 Å². The fourth-order valence-electron chi connectivity index (χ4n) is 2.89. The lowest BCUT2D eigenvalue weighted by molar-refractivity contribution is -0.148. The number of hydrogen-bond donors (Lipinski definition) is 0. The molecule has 0 unspecified atom stereocenters. The Labute approximate surface area is 133 Å².